The van der Waals surface area contributed by atoms with Gasteiger partial charge in [0, 0.05) is 31.5 Å². The highest BCUT2D eigenvalue weighted by Gasteiger charge is 2.58. The summed E-state index contributed by atoms with van der Waals surface area (Å²) in [6.45, 7) is 3.37. The lowest BCUT2D eigenvalue weighted by atomic mass is 9.89. The quantitative estimate of drug-likeness (QED) is 0.724. The lowest BCUT2D eigenvalue weighted by Crippen LogP contribution is -2.50. The molecule has 5 rings (SSSR count). The fourth-order valence-corrected chi connectivity index (χ4v) is 4.99. The Kier molecular flexibility index (Phi) is 4.29. The Morgan fingerprint density at radius 1 is 1.14 bits per heavy atom. The van der Waals surface area contributed by atoms with Crippen LogP contribution in [-0.4, -0.2) is 45.7 Å². The lowest BCUT2D eigenvalue weighted by Gasteiger charge is -2.38. The van der Waals surface area contributed by atoms with Crippen molar-refractivity contribution >= 4 is 23.3 Å². The number of carbonyl (C=O) groups excluding carboxylic acids is 1. The molecule has 0 saturated carbocycles. The van der Waals surface area contributed by atoms with E-state index in [9.17, 15) is 4.79 Å². The first-order chi connectivity index (χ1) is 13.6. The van der Waals surface area contributed by atoms with Gasteiger partial charge in [-0.3, -0.25) is 4.79 Å². The zero-order valence-electron chi connectivity index (χ0n) is 15.8. The van der Waals surface area contributed by atoms with E-state index in [-0.39, 0.29) is 18.2 Å². The van der Waals surface area contributed by atoms with Crippen LogP contribution in [0.25, 0.3) is 0 Å². The number of carbonyl (C=O) groups is 1. The van der Waals surface area contributed by atoms with Crippen molar-refractivity contribution in [3.63, 3.8) is 0 Å². The normalized spacial score (nSPS) is 26.1. The monoisotopic (exact) mass is 398 g/mol. The van der Waals surface area contributed by atoms with E-state index in [1.165, 1.54) is 11.9 Å². The largest absolute Gasteiger partial charge is 0.356 e. The topological polar surface area (TPSA) is 58.6 Å². The van der Waals surface area contributed by atoms with E-state index in [0.29, 0.717) is 18.0 Å². The van der Waals surface area contributed by atoms with Crippen molar-refractivity contribution in [1.82, 2.24) is 14.9 Å². The van der Waals surface area contributed by atoms with E-state index in [1.807, 2.05) is 30.0 Å². The Hall–Kier alpha value is -2.18. The number of rotatable bonds is 2. The number of nitrogens with zero attached hydrogens (tertiary/aromatic N) is 4. The summed E-state index contributed by atoms with van der Waals surface area (Å²) < 4.78 is 6.41. The summed E-state index contributed by atoms with van der Waals surface area (Å²) >= 11 is 6.15. The molecule has 0 bridgehead atoms. The summed E-state index contributed by atoms with van der Waals surface area (Å²) in [5, 5.41) is 0.477. The average molecular weight is 399 g/mol. The molecule has 0 radical (unpaired) electrons. The van der Waals surface area contributed by atoms with Gasteiger partial charge >= 0.3 is 0 Å². The van der Waals surface area contributed by atoms with E-state index in [0.717, 1.165) is 37.3 Å². The number of halogens is 1. The molecule has 2 atom stereocenters. The molecule has 1 amide bonds. The van der Waals surface area contributed by atoms with E-state index in [4.69, 9.17) is 16.3 Å². The Bertz CT molecular complexity index is 899. The maximum Gasteiger partial charge on any atom is 0.257 e. The molecule has 146 valence electrons. The third kappa shape index (κ3) is 2.70. The van der Waals surface area contributed by atoms with Crippen molar-refractivity contribution in [2.45, 2.75) is 50.5 Å². The van der Waals surface area contributed by atoms with Crippen LogP contribution in [0.4, 0.5) is 5.82 Å². The molecular weight excluding hydrogens is 376 g/mol. The first kappa shape index (κ1) is 17.9. The number of ether oxygens (including phenoxy) is 1. The highest BCUT2D eigenvalue weighted by molar-refractivity contribution is 6.30. The maximum atomic E-state index is 13.4. The van der Waals surface area contributed by atoms with Crippen LogP contribution >= 0.6 is 11.6 Å². The van der Waals surface area contributed by atoms with Gasteiger partial charge in [0.15, 0.2) is 5.60 Å². The van der Waals surface area contributed by atoms with Crippen LogP contribution in [0.1, 0.15) is 42.9 Å². The minimum Gasteiger partial charge on any atom is -0.356 e. The Morgan fingerprint density at radius 3 is 2.64 bits per heavy atom. The summed E-state index contributed by atoms with van der Waals surface area (Å²) in [6.07, 6.45) is 4.59. The fraction of sp³-hybridized carbons (Fsp3) is 0.476. The second-order valence-electron chi connectivity index (χ2n) is 7.88. The molecule has 3 saturated heterocycles. The molecule has 7 heteroatoms. The Balaban J connectivity index is 1.34. The van der Waals surface area contributed by atoms with Gasteiger partial charge in [-0.25, -0.2) is 9.97 Å². The molecule has 1 aromatic carbocycles. The number of benzene rings is 1. The van der Waals surface area contributed by atoms with Crippen LogP contribution in [-0.2, 0) is 9.53 Å². The number of hydrogen-bond acceptors (Lipinski definition) is 5. The molecular formula is C21H23ClN4O2. The maximum absolute atomic E-state index is 13.4. The molecule has 0 N–H and O–H groups in total. The highest BCUT2D eigenvalue weighted by Crippen LogP contribution is 2.47. The van der Waals surface area contributed by atoms with Crippen molar-refractivity contribution in [3.05, 3.63) is 52.9 Å². The molecule has 1 spiro atoms. The van der Waals surface area contributed by atoms with Crippen LogP contribution in [0.3, 0.4) is 0 Å². The summed E-state index contributed by atoms with van der Waals surface area (Å²) in [7, 11) is 0. The molecule has 3 aliphatic rings. The number of hydrogen-bond donors (Lipinski definition) is 0. The van der Waals surface area contributed by atoms with E-state index in [1.54, 1.807) is 0 Å². The molecule has 2 aromatic rings. The summed E-state index contributed by atoms with van der Waals surface area (Å²) in [6, 6.07) is 10.4. The lowest BCUT2D eigenvalue weighted by molar-refractivity contribution is -0.140. The first-order valence-electron chi connectivity index (χ1n) is 9.87. The number of aromatic nitrogens is 2. The predicted molar refractivity (Wildman–Crippen MR) is 106 cm³/mol. The first-order valence-corrected chi connectivity index (χ1v) is 10.2. The van der Waals surface area contributed by atoms with Crippen molar-refractivity contribution in [2.75, 3.05) is 18.0 Å². The van der Waals surface area contributed by atoms with Gasteiger partial charge in [-0.1, -0.05) is 41.9 Å². The smallest absolute Gasteiger partial charge is 0.257 e. The van der Waals surface area contributed by atoms with E-state index >= 15 is 0 Å². The number of amides is 1. The van der Waals surface area contributed by atoms with Crippen molar-refractivity contribution in [3.8, 4) is 0 Å². The minimum absolute atomic E-state index is 0.0977. The Labute approximate surface area is 169 Å². The highest BCUT2D eigenvalue weighted by atomic mass is 35.5. The number of anilines is 1. The second-order valence-corrected chi connectivity index (χ2v) is 8.24. The van der Waals surface area contributed by atoms with Crippen LogP contribution < -0.4 is 4.90 Å². The molecule has 28 heavy (non-hydrogen) atoms. The average Bonchev–Trinajstić information content (AvgIpc) is 3.24. The molecule has 1 aromatic heterocycles. The van der Waals surface area contributed by atoms with Gasteiger partial charge in [0.1, 0.15) is 23.5 Å². The summed E-state index contributed by atoms with van der Waals surface area (Å²) in [5.74, 6) is 1.00. The van der Waals surface area contributed by atoms with Gasteiger partial charge < -0.3 is 14.5 Å². The van der Waals surface area contributed by atoms with Crippen molar-refractivity contribution in [2.24, 2.45) is 0 Å². The second kappa shape index (κ2) is 6.71. The van der Waals surface area contributed by atoms with Gasteiger partial charge in [0.2, 0.25) is 0 Å². The third-order valence-corrected chi connectivity index (χ3v) is 6.75. The SMILES string of the molecule is Cc1c(Cl)ncnc1N1CCC2(CC1)O[C@@H]1CC[C@@H](c3ccccc3)N1C2=O. The van der Waals surface area contributed by atoms with Crippen LogP contribution in [0.2, 0.25) is 5.15 Å². The molecule has 4 heterocycles. The molecule has 6 nitrogen and oxygen atoms in total. The fourth-order valence-electron chi connectivity index (χ4n) is 4.87. The van der Waals surface area contributed by atoms with Crippen LogP contribution in [0.5, 0.6) is 0 Å². The zero-order chi connectivity index (χ0) is 19.3. The van der Waals surface area contributed by atoms with Gasteiger partial charge in [-0.2, -0.15) is 0 Å². The van der Waals surface area contributed by atoms with Gasteiger partial charge in [0.25, 0.3) is 5.91 Å². The number of fused-ring (bicyclic) bond motifs is 1. The third-order valence-electron chi connectivity index (χ3n) is 6.37. The van der Waals surface area contributed by atoms with Crippen molar-refractivity contribution < 1.29 is 9.53 Å². The van der Waals surface area contributed by atoms with Crippen molar-refractivity contribution in [1.29, 1.82) is 0 Å². The predicted octanol–water partition coefficient (Wildman–Crippen LogP) is 3.50. The molecule has 3 fully saturated rings. The standard InChI is InChI=1S/C21H23ClN4O2/c1-14-18(22)23-13-24-19(14)25-11-9-21(10-12-25)20(27)26-16(7-8-17(26)28-21)15-5-3-2-4-6-15/h2-6,13,16-17H,7-12H2,1H3/t16-,17+/m0/s1. The summed E-state index contributed by atoms with van der Waals surface area (Å²) in [4.78, 5) is 26.1. The van der Waals surface area contributed by atoms with Gasteiger partial charge in [-0.05, 0) is 25.3 Å². The minimum atomic E-state index is -0.695. The Morgan fingerprint density at radius 2 is 1.89 bits per heavy atom. The number of piperidine rings is 1. The van der Waals surface area contributed by atoms with Gasteiger partial charge in [0.05, 0.1) is 6.04 Å². The molecule has 0 aliphatic carbocycles. The molecule has 3 aliphatic heterocycles. The van der Waals surface area contributed by atoms with E-state index < -0.39 is 5.60 Å². The molecule has 0 unspecified atom stereocenters. The summed E-state index contributed by atoms with van der Waals surface area (Å²) in [5.41, 5.74) is 1.38. The van der Waals surface area contributed by atoms with E-state index in [2.05, 4.69) is 27.0 Å². The van der Waals surface area contributed by atoms with Gasteiger partial charge in [-0.15, -0.1) is 0 Å². The van der Waals surface area contributed by atoms with Crippen LogP contribution in [0.15, 0.2) is 36.7 Å². The zero-order valence-corrected chi connectivity index (χ0v) is 16.6. The van der Waals surface area contributed by atoms with Crippen LogP contribution in [0, 0.1) is 6.92 Å².